The van der Waals surface area contributed by atoms with Crippen molar-refractivity contribution in [2.45, 2.75) is 0 Å². The Morgan fingerprint density at radius 2 is 1.60 bits per heavy atom. The molecule has 6 heteroatoms. The highest BCUT2D eigenvalue weighted by Gasteiger charge is 2.21. The van der Waals surface area contributed by atoms with Crippen LogP contribution in [0.2, 0.25) is 10.0 Å². The smallest absolute Gasteiger partial charge is 0.177 e. The molecule has 0 saturated carbocycles. The van der Waals surface area contributed by atoms with Gasteiger partial charge in [0.05, 0.1) is 15.6 Å². The predicted octanol–water partition coefficient (Wildman–Crippen LogP) is 4.29. The molecule has 0 aliphatic rings. The number of nitrogens with two attached hydrogens (primary N) is 1. The highest BCUT2D eigenvalue weighted by molar-refractivity contribution is 6.39. The van der Waals surface area contributed by atoms with Crippen molar-refractivity contribution in [1.29, 1.82) is 0 Å². The number of hydrogen-bond donors (Lipinski definition) is 1. The lowest BCUT2D eigenvalue weighted by Gasteiger charge is -2.07. The molecule has 0 aliphatic heterocycles. The van der Waals surface area contributed by atoms with Gasteiger partial charge in [-0.05, 0) is 24.3 Å². The average Bonchev–Trinajstić information content (AvgIpc) is 2.82. The zero-order chi connectivity index (χ0) is 14.1. The standard InChI is InChI=1S/C14H9Cl2N3O/c15-9-2-1-3-10(16)11(9)12-13(20-19-14(12)17)8-4-6-18-7-5-8/h1-7H,(H2,17,19). The molecule has 0 atom stereocenters. The molecule has 20 heavy (non-hydrogen) atoms. The Morgan fingerprint density at radius 3 is 2.25 bits per heavy atom. The second-order valence-corrected chi connectivity index (χ2v) is 4.92. The quantitative estimate of drug-likeness (QED) is 0.767. The van der Waals surface area contributed by atoms with E-state index >= 15 is 0 Å². The Balaban J connectivity index is 2.28. The SMILES string of the molecule is Nc1noc(-c2ccncc2)c1-c1c(Cl)cccc1Cl. The van der Waals surface area contributed by atoms with Crippen LogP contribution in [-0.4, -0.2) is 10.1 Å². The first-order valence-electron chi connectivity index (χ1n) is 5.78. The van der Waals surface area contributed by atoms with Crippen molar-refractivity contribution in [3.63, 3.8) is 0 Å². The monoisotopic (exact) mass is 305 g/mol. The number of aromatic nitrogens is 2. The van der Waals surface area contributed by atoms with Crippen LogP contribution in [0.25, 0.3) is 22.5 Å². The fourth-order valence-corrected chi connectivity index (χ4v) is 2.57. The van der Waals surface area contributed by atoms with E-state index in [1.54, 1.807) is 42.7 Å². The van der Waals surface area contributed by atoms with Gasteiger partial charge < -0.3 is 10.3 Å². The van der Waals surface area contributed by atoms with Gasteiger partial charge in [-0.1, -0.05) is 34.4 Å². The average molecular weight is 306 g/mol. The fraction of sp³-hybridized carbons (Fsp3) is 0. The molecule has 0 saturated heterocycles. The molecule has 0 unspecified atom stereocenters. The summed E-state index contributed by atoms with van der Waals surface area (Å²) in [6.45, 7) is 0. The van der Waals surface area contributed by atoms with Crippen molar-refractivity contribution < 1.29 is 4.52 Å². The Labute approximate surface area is 125 Å². The molecule has 2 N–H and O–H groups in total. The molecule has 2 heterocycles. The zero-order valence-corrected chi connectivity index (χ0v) is 11.7. The molecule has 0 fully saturated rings. The van der Waals surface area contributed by atoms with Crippen molar-refractivity contribution in [3.05, 3.63) is 52.8 Å². The van der Waals surface area contributed by atoms with E-state index in [1.165, 1.54) is 0 Å². The van der Waals surface area contributed by atoms with Gasteiger partial charge in [0.1, 0.15) is 0 Å². The summed E-state index contributed by atoms with van der Waals surface area (Å²) in [7, 11) is 0. The van der Waals surface area contributed by atoms with Crippen LogP contribution in [0.3, 0.4) is 0 Å². The molecule has 0 aliphatic carbocycles. The van der Waals surface area contributed by atoms with E-state index in [4.69, 9.17) is 33.5 Å². The van der Waals surface area contributed by atoms with Crippen LogP contribution in [0.5, 0.6) is 0 Å². The van der Waals surface area contributed by atoms with E-state index in [2.05, 4.69) is 10.1 Å². The first kappa shape index (κ1) is 13.0. The third-order valence-corrected chi connectivity index (χ3v) is 3.50. The maximum atomic E-state index is 6.23. The third-order valence-electron chi connectivity index (χ3n) is 2.87. The van der Waals surface area contributed by atoms with Crippen LogP contribution < -0.4 is 5.73 Å². The summed E-state index contributed by atoms with van der Waals surface area (Å²) in [6, 6.07) is 8.85. The molecule has 1 aromatic carbocycles. The number of pyridine rings is 1. The molecule has 0 spiro atoms. The number of halogens is 2. The first-order chi connectivity index (χ1) is 9.68. The molecule has 0 bridgehead atoms. The minimum Gasteiger partial charge on any atom is -0.380 e. The molecular formula is C14H9Cl2N3O. The molecule has 3 rings (SSSR count). The Kier molecular flexibility index (Phi) is 3.34. The summed E-state index contributed by atoms with van der Waals surface area (Å²) in [5.41, 5.74) is 7.91. The van der Waals surface area contributed by atoms with Gasteiger partial charge in [0, 0.05) is 23.5 Å². The Hall–Kier alpha value is -2.04. The third kappa shape index (κ3) is 2.13. The highest BCUT2D eigenvalue weighted by Crippen LogP contribution is 2.43. The minimum atomic E-state index is 0.242. The van der Waals surface area contributed by atoms with Gasteiger partial charge in [-0.3, -0.25) is 4.98 Å². The molecule has 3 aromatic rings. The van der Waals surface area contributed by atoms with E-state index in [9.17, 15) is 0 Å². The van der Waals surface area contributed by atoms with E-state index in [0.29, 0.717) is 26.9 Å². The van der Waals surface area contributed by atoms with Gasteiger partial charge in [-0.15, -0.1) is 0 Å². The van der Waals surface area contributed by atoms with E-state index in [0.717, 1.165) is 5.56 Å². The number of hydrogen-bond acceptors (Lipinski definition) is 4. The fourth-order valence-electron chi connectivity index (χ4n) is 1.98. The Morgan fingerprint density at radius 1 is 0.950 bits per heavy atom. The lowest BCUT2D eigenvalue weighted by atomic mass is 10.0. The summed E-state index contributed by atoms with van der Waals surface area (Å²) < 4.78 is 5.33. The molecule has 0 amide bonds. The first-order valence-corrected chi connectivity index (χ1v) is 6.54. The van der Waals surface area contributed by atoms with Gasteiger partial charge in [-0.25, -0.2) is 0 Å². The number of nitrogens with zero attached hydrogens (tertiary/aromatic N) is 2. The van der Waals surface area contributed by atoms with Gasteiger partial charge in [0.25, 0.3) is 0 Å². The maximum Gasteiger partial charge on any atom is 0.177 e. The highest BCUT2D eigenvalue weighted by atomic mass is 35.5. The van der Waals surface area contributed by atoms with Crippen molar-refractivity contribution >= 4 is 29.0 Å². The zero-order valence-electron chi connectivity index (χ0n) is 10.2. The van der Waals surface area contributed by atoms with Gasteiger partial charge in [0.15, 0.2) is 11.6 Å². The minimum absolute atomic E-state index is 0.242. The largest absolute Gasteiger partial charge is 0.380 e. The van der Waals surface area contributed by atoms with Gasteiger partial charge in [-0.2, -0.15) is 0 Å². The van der Waals surface area contributed by atoms with Gasteiger partial charge >= 0.3 is 0 Å². The number of benzene rings is 1. The number of nitrogen functional groups attached to an aromatic ring is 1. The molecule has 4 nitrogen and oxygen atoms in total. The van der Waals surface area contributed by atoms with Gasteiger partial charge in [0.2, 0.25) is 0 Å². The maximum absolute atomic E-state index is 6.23. The van der Waals surface area contributed by atoms with Crippen molar-refractivity contribution in [2.75, 3.05) is 5.73 Å². The molecule has 100 valence electrons. The van der Waals surface area contributed by atoms with Crippen LogP contribution >= 0.6 is 23.2 Å². The lowest BCUT2D eigenvalue weighted by molar-refractivity contribution is 0.436. The lowest BCUT2D eigenvalue weighted by Crippen LogP contribution is -1.90. The number of rotatable bonds is 2. The summed E-state index contributed by atoms with van der Waals surface area (Å²) in [5, 5.41) is 4.79. The van der Waals surface area contributed by atoms with Crippen molar-refractivity contribution in [2.24, 2.45) is 0 Å². The Bertz CT molecular complexity index is 736. The van der Waals surface area contributed by atoms with Crippen LogP contribution in [0.1, 0.15) is 0 Å². The second-order valence-electron chi connectivity index (χ2n) is 4.10. The van der Waals surface area contributed by atoms with Crippen LogP contribution in [0.15, 0.2) is 47.2 Å². The molecular weight excluding hydrogens is 297 g/mol. The summed E-state index contributed by atoms with van der Waals surface area (Å²) >= 11 is 12.5. The number of anilines is 1. The second kappa shape index (κ2) is 5.15. The summed E-state index contributed by atoms with van der Waals surface area (Å²) in [6.07, 6.45) is 3.32. The van der Waals surface area contributed by atoms with E-state index in [-0.39, 0.29) is 5.82 Å². The molecule has 2 aromatic heterocycles. The normalized spacial score (nSPS) is 10.7. The van der Waals surface area contributed by atoms with Crippen LogP contribution in [0, 0.1) is 0 Å². The van der Waals surface area contributed by atoms with Crippen molar-refractivity contribution in [3.8, 4) is 22.5 Å². The molecule has 0 radical (unpaired) electrons. The summed E-state index contributed by atoms with van der Waals surface area (Å²) in [5.74, 6) is 0.756. The van der Waals surface area contributed by atoms with E-state index in [1.807, 2.05) is 0 Å². The topological polar surface area (TPSA) is 64.9 Å². The van der Waals surface area contributed by atoms with Crippen LogP contribution in [0.4, 0.5) is 5.82 Å². The van der Waals surface area contributed by atoms with Crippen molar-refractivity contribution in [1.82, 2.24) is 10.1 Å². The summed E-state index contributed by atoms with van der Waals surface area (Å²) in [4.78, 5) is 3.97. The van der Waals surface area contributed by atoms with Crippen LogP contribution in [-0.2, 0) is 0 Å². The predicted molar refractivity (Wildman–Crippen MR) is 79.6 cm³/mol. The van der Waals surface area contributed by atoms with E-state index < -0.39 is 0 Å².